The van der Waals surface area contributed by atoms with E-state index in [0.717, 1.165) is 31.0 Å². The molecule has 0 saturated carbocycles. The lowest BCUT2D eigenvalue weighted by atomic mass is 10.1. The lowest BCUT2D eigenvalue weighted by Gasteiger charge is -2.26. The molecule has 0 spiro atoms. The average Bonchev–Trinajstić information content (AvgIpc) is 3.15. The molecule has 2 heterocycles. The van der Waals surface area contributed by atoms with Crippen molar-refractivity contribution in [3.63, 3.8) is 0 Å². The van der Waals surface area contributed by atoms with E-state index in [-0.39, 0.29) is 17.5 Å². The van der Waals surface area contributed by atoms with Crippen molar-refractivity contribution in [3.8, 4) is 0 Å². The monoisotopic (exact) mass is 439 g/mol. The molecule has 162 valence electrons. The summed E-state index contributed by atoms with van der Waals surface area (Å²) in [6.07, 6.45) is 3.72. The van der Waals surface area contributed by atoms with E-state index in [0.29, 0.717) is 17.4 Å². The van der Waals surface area contributed by atoms with Crippen LogP contribution in [0.2, 0.25) is 0 Å². The maximum atomic E-state index is 13.3. The Kier molecular flexibility index (Phi) is 7.32. The Morgan fingerprint density at radius 2 is 1.81 bits per heavy atom. The highest BCUT2D eigenvalue weighted by atomic mass is 32.2. The zero-order valence-electron chi connectivity index (χ0n) is 17.3. The lowest BCUT2D eigenvalue weighted by Crippen LogP contribution is -2.30. The molecule has 0 aliphatic carbocycles. The number of halogens is 1. The van der Waals surface area contributed by atoms with Crippen molar-refractivity contribution >= 4 is 23.4 Å². The molecule has 1 aromatic heterocycles. The van der Waals surface area contributed by atoms with Gasteiger partial charge in [-0.15, -0.1) is 10.2 Å². The van der Waals surface area contributed by atoms with Crippen molar-refractivity contribution < 1.29 is 9.18 Å². The second-order valence-electron chi connectivity index (χ2n) is 7.65. The predicted molar refractivity (Wildman–Crippen MR) is 120 cm³/mol. The standard InChI is InChI=1S/C23H26FN5OS/c24-19-10-7-11-20(14-19)25-22(30)17-31-23-27-26-21(16-28-12-5-2-6-13-28)29(23)15-18-8-3-1-4-9-18/h1,3-4,7-11,14H,2,5-6,12-13,15-17H2,(H,25,30). The average molecular weight is 440 g/mol. The largest absolute Gasteiger partial charge is 0.325 e. The second kappa shape index (κ2) is 10.5. The molecule has 1 saturated heterocycles. The van der Waals surface area contributed by atoms with Gasteiger partial charge in [-0.25, -0.2) is 4.39 Å². The van der Waals surface area contributed by atoms with Crippen molar-refractivity contribution in [3.05, 3.63) is 71.8 Å². The molecule has 31 heavy (non-hydrogen) atoms. The van der Waals surface area contributed by atoms with Crippen LogP contribution in [0.15, 0.2) is 59.8 Å². The summed E-state index contributed by atoms with van der Waals surface area (Å²) in [6.45, 7) is 3.58. The molecule has 4 rings (SSSR count). The fourth-order valence-electron chi connectivity index (χ4n) is 3.68. The summed E-state index contributed by atoms with van der Waals surface area (Å²) in [4.78, 5) is 14.8. The summed E-state index contributed by atoms with van der Waals surface area (Å²) in [5, 5.41) is 12.3. The first kappa shape index (κ1) is 21.5. The van der Waals surface area contributed by atoms with E-state index in [1.165, 1.54) is 43.2 Å². The van der Waals surface area contributed by atoms with Crippen LogP contribution >= 0.6 is 11.8 Å². The van der Waals surface area contributed by atoms with Gasteiger partial charge in [-0.2, -0.15) is 0 Å². The van der Waals surface area contributed by atoms with Gasteiger partial charge in [0.15, 0.2) is 5.16 Å². The van der Waals surface area contributed by atoms with Crippen molar-refractivity contribution in [1.82, 2.24) is 19.7 Å². The van der Waals surface area contributed by atoms with E-state index in [1.54, 1.807) is 12.1 Å². The summed E-state index contributed by atoms with van der Waals surface area (Å²) in [5.74, 6) is 0.504. The molecule has 8 heteroatoms. The van der Waals surface area contributed by atoms with Gasteiger partial charge in [0.05, 0.1) is 18.8 Å². The molecular formula is C23H26FN5OS. The molecule has 0 radical (unpaired) electrons. The molecule has 6 nitrogen and oxygen atoms in total. The Balaban J connectivity index is 1.45. The fourth-order valence-corrected chi connectivity index (χ4v) is 4.44. The van der Waals surface area contributed by atoms with Crippen molar-refractivity contribution in [2.75, 3.05) is 24.2 Å². The molecule has 1 aliphatic rings. The minimum Gasteiger partial charge on any atom is -0.325 e. The maximum absolute atomic E-state index is 13.3. The van der Waals surface area contributed by atoms with Gasteiger partial charge in [0, 0.05) is 5.69 Å². The van der Waals surface area contributed by atoms with Crippen LogP contribution in [0.5, 0.6) is 0 Å². The Labute approximate surface area is 185 Å². The number of nitrogens with zero attached hydrogens (tertiary/aromatic N) is 4. The molecular weight excluding hydrogens is 413 g/mol. The third-order valence-electron chi connectivity index (χ3n) is 5.23. The van der Waals surface area contributed by atoms with Crippen LogP contribution in [0.3, 0.4) is 0 Å². The number of rotatable bonds is 8. The molecule has 1 fully saturated rings. The van der Waals surface area contributed by atoms with Gasteiger partial charge in [-0.3, -0.25) is 9.69 Å². The van der Waals surface area contributed by atoms with E-state index in [2.05, 4.69) is 37.1 Å². The zero-order valence-corrected chi connectivity index (χ0v) is 18.2. The van der Waals surface area contributed by atoms with Crippen LogP contribution in [-0.2, 0) is 17.9 Å². The van der Waals surface area contributed by atoms with E-state index in [9.17, 15) is 9.18 Å². The molecule has 2 aromatic carbocycles. The SMILES string of the molecule is O=C(CSc1nnc(CN2CCCCC2)n1Cc1ccccc1)Nc1cccc(F)c1. The topological polar surface area (TPSA) is 63.1 Å². The van der Waals surface area contributed by atoms with Crippen LogP contribution in [-0.4, -0.2) is 44.4 Å². The van der Waals surface area contributed by atoms with E-state index >= 15 is 0 Å². The molecule has 1 amide bonds. The molecule has 1 aliphatic heterocycles. The zero-order chi connectivity index (χ0) is 21.5. The smallest absolute Gasteiger partial charge is 0.234 e. The number of benzene rings is 2. The van der Waals surface area contributed by atoms with Crippen LogP contribution in [0.4, 0.5) is 10.1 Å². The van der Waals surface area contributed by atoms with Crippen molar-refractivity contribution in [2.24, 2.45) is 0 Å². The van der Waals surface area contributed by atoms with Crippen LogP contribution in [0, 0.1) is 5.82 Å². The first-order valence-electron chi connectivity index (χ1n) is 10.5. The van der Waals surface area contributed by atoms with E-state index in [4.69, 9.17) is 0 Å². The molecule has 0 unspecified atom stereocenters. The first-order valence-corrected chi connectivity index (χ1v) is 11.5. The molecule has 0 atom stereocenters. The number of hydrogen-bond donors (Lipinski definition) is 1. The number of hydrogen-bond acceptors (Lipinski definition) is 5. The number of anilines is 1. The third-order valence-corrected chi connectivity index (χ3v) is 6.20. The Morgan fingerprint density at radius 3 is 2.58 bits per heavy atom. The first-order chi connectivity index (χ1) is 15.2. The summed E-state index contributed by atoms with van der Waals surface area (Å²) in [6, 6.07) is 16.1. The molecule has 3 aromatic rings. The fraction of sp³-hybridized carbons (Fsp3) is 0.348. The summed E-state index contributed by atoms with van der Waals surface area (Å²) >= 11 is 1.35. The number of likely N-dealkylation sites (tertiary alicyclic amines) is 1. The van der Waals surface area contributed by atoms with Gasteiger partial charge in [-0.05, 0) is 49.7 Å². The quantitative estimate of drug-likeness (QED) is 0.534. The minimum atomic E-state index is -0.379. The maximum Gasteiger partial charge on any atom is 0.234 e. The number of nitrogens with one attached hydrogen (secondary N) is 1. The van der Waals surface area contributed by atoms with E-state index in [1.807, 2.05) is 18.2 Å². The van der Waals surface area contributed by atoms with Gasteiger partial charge in [0.2, 0.25) is 5.91 Å². The normalized spacial score (nSPS) is 14.5. The summed E-state index contributed by atoms with van der Waals surface area (Å²) in [7, 11) is 0. The minimum absolute atomic E-state index is 0.174. The Hall–Kier alpha value is -2.71. The highest BCUT2D eigenvalue weighted by molar-refractivity contribution is 7.99. The highest BCUT2D eigenvalue weighted by Gasteiger charge is 2.18. The van der Waals surface area contributed by atoms with E-state index < -0.39 is 0 Å². The number of carbonyl (C=O) groups excluding carboxylic acids is 1. The molecule has 1 N–H and O–H groups in total. The van der Waals surface area contributed by atoms with Gasteiger partial charge in [0.25, 0.3) is 0 Å². The van der Waals surface area contributed by atoms with Crippen molar-refractivity contribution in [2.45, 2.75) is 37.5 Å². The Bertz CT molecular complexity index is 1000. The van der Waals surface area contributed by atoms with Gasteiger partial charge in [0.1, 0.15) is 11.6 Å². The van der Waals surface area contributed by atoms with Gasteiger partial charge >= 0.3 is 0 Å². The highest BCUT2D eigenvalue weighted by Crippen LogP contribution is 2.21. The number of piperidine rings is 1. The van der Waals surface area contributed by atoms with Crippen LogP contribution in [0.25, 0.3) is 0 Å². The lowest BCUT2D eigenvalue weighted by molar-refractivity contribution is -0.113. The van der Waals surface area contributed by atoms with Crippen LogP contribution in [0.1, 0.15) is 30.7 Å². The second-order valence-corrected chi connectivity index (χ2v) is 8.60. The van der Waals surface area contributed by atoms with Gasteiger partial charge in [-0.1, -0.05) is 54.6 Å². The Morgan fingerprint density at radius 1 is 1.00 bits per heavy atom. The van der Waals surface area contributed by atoms with Crippen molar-refractivity contribution in [1.29, 1.82) is 0 Å². The number of carbonyl (C=O) groups is 1. The van der Waals surface area contributed by atoms with Crippen LogP contribution < -0.4 is 5.32 Å². The summed E-state index contributed by atoms with van der Waals surface area (Å²) < 4.78 is 15.4. The number of amides is 1. The predicted octanol–water partition coefficient (Wildman–Crippen LogP) is 4.18. The number of aromatic nitrogens is 3. The third kappa shape index (κ3) is 6.15. The van der Waals surface area contributed by atoms with Gasteiger partial charge < -0.3 is 9.88 Å². The number of thioether (sulfide) groups is 1. The molecule has 0 bridgehead atoms. The summed E-state index contributed by atoms with van der Waals surface area (Å²) in [5.41, 5.74) is 1.61.